The summed E-state index contributed by atoms with van der Waals surface area (Å²) in [5, 5.41) is 8.30. The third kappa shape index (κ3) is 2.51. The molecule has 0 bridgehead atoms. The van der Waals surface area contributed by atoms with Crippen LogP contribution in [-0.4, -0.2) is 48.3 Å². The third-order valence-electron chi connectivity index (χ3n) is 2.54. The molecular formula is C9H12Cl2N4. The van der Waals surface area contributed by atoms with Crippen LogP contribution in [0, 0.1) is 0 Å². The smallest absolute Gasteiger partial charge is 0.175 e. The summed E-state index contributed by atoms with van der Waals surface area (Å²) in [5.74, 6) is 0. The Labute approximate surface area is 98.8 Å². The zero-order chi connectivity index (χ0) is 10.8. The maximum atomic E-state index is 5.98. The van der Waals surface area contributed by atoms with E-state index in [0.29, 0.717) is 10.3 Å². The molecule has 1 saturated heterocycles. The number of halogens is 2. The lowest BCUT2D eigenvalue weighted by atomic mass is 10.3. The molecule has 0 amide bonds. The third-order valence-corrected chi connectivity index (χ3v) is 3.00. The van der Waals surface area contributed by atoms with Gasteiger partial charge in [0.15, 0.2) is 10.3 Å². The lowest BCUT2D eigenvalue weighted by Crippen LogP contribution is -2.44. The molecule has 1 aromatic rings. The Balaban J connectivity index is 2.18. The molecule has 2 rings (SSSR count). The Morgan fingerprint density at radius 3 is 2.47 bits per heavy atom. The van der Waals surface area contributed by atoms with Gasteiger partial charge < -0.3 is 9.80 Å². The first-order valence-corrected chi connectivity index (χ1v) is 5.54. The molecule has 1 aliphatic heterocycles. The van der Waals surface area contributed by atoms with Gasteiger partial charge in [0.1, 0.15) is 0 Å². The summed E-state index contributed by atoms with van der Waals surface area (Å²) in [6, 6.07) is 1.77. The van der Waals surface area contributed by atoms with Gasteiger partial charge in [0.2, 0.25) is 0 Å². The van der Waals surface area contributed by atoms with E-state index in [2.05, 4.69) is 27.0 Å². The van der Waals surface area contributed by atoms with Crippen molar-refractivity contribution in [2.75, 3.05) is 38.1 Å². The first kappa shape index (κ1) is 10.9. The van der Waals surface area contributed by atoms with Crippen molar-refractivity contribution in [3.63, 3.8) is 0 Å². The van der Waals surface area contributed by atoms with E-state index >= 15 is 0 Å². The van der Waals surface area contributed by atoms with E-state index in [0.717, 1.165) is 31.9 Å². The first-order valence-electron chi connectivity index (χ1n) is 4.79. The van der Waals surface area contributed by atoms with Crippen LogP contribution in [0.5, 0.6) is 0 Å². The number of aromatic nitrogens is 2. The highest BCUT2D eigenvalue weighted by molar-refractivity contribution is 6.33. The topological polar surface area (TPSA) is 32.3 Å². The number of rotatable bonds is 1. The molecule has 82 valence electrons. The summed E-state index contributed by atoms with van der Waals surface area (Å²) in [6.07, 6.45) is 0. The predicted octanol–water partition coefficient (Wildman–Crippen LogP) is 1.54. The van der Waals surface area contributed by atoms with Gasteiger partial charge in [-0.05, 0) is 7.05 Å². The number of likely N-dealkylation sites (N-methyl/N-ethyl adjacent to an activating group) is 1. The SMILES string of the molecule is CN1CCN(c2cc(Cl)nnc2Cl)CC1. The van der Waals surface area contributed by atoms with Gasteiger partial charge in [0.05, 0.1) is 5.69 Å². The number of hydrogen-bond donors (Lipinski definition) is 0. The summed E-state index contributed by atoms with van der Waals surface area (Å²) in [4.78, 5) is 4.46. The monoisotopic (exact) mass is 246 g/mol. The molecule has 1 aromatic heterocycles. The molecular weight excluding hydrogens is 235 g/mol. The zero-order valence-corrected chi connectivity index (χ0v) is 9.96. The predicted molar refractivity (Wildman–Crippen MR) is 61.8 cm³/mol. The van der Waals surface area contributed by atoms with Gasteiger partial charge in [-0.25, -0.2) is 0 Å². The molecule has 1 fully saturated rings. The van der Waals surface area contributed by atoms with Crippen LogP contribution in [-0.2, 0) is 0 Å². The van der Waals surface area contributed by atoms with Crippen LogP contribution in [0.3, 0.4) is 0 Å². The minimum atomic E-state index is 0.383. The Hall–Kier alpha value is -0.580. The molecule has 1 aliphatic rings. The van der Waals surface area contributed by atoms with Gasteiger partial charge in [0, 0.05) is 32.2 Å². The maximum absolute atomic E-state index is 5.98. The average Bonchev–Trinajstić information content (AvgIpc) is 2.23. The molecule has 0 radical (unpaired) electrons. The first-order chi connectivity index (χ1) is 7.16. The van der Waals surface area contributed by atoms with E-state index < -0.39 is 0 Å². The minimum absolute atomic E-state index is 0.383. The fourth-order valence-corrected chi connectivity index (χ4v) is 1.97. The van der Waals surface area contributed by atoms with Crippen LogP contribution >= 0.6 is 23.2 Å². The molecule has 0 aromatic carbocycles. The van der Waals surface area contributed by atoms with Gasteiger partial charge in [-0.1, -0.05) is 23.2 Å². The van der Waals surface area contributed by atoms with E-state index in [9.17, 15) is 0 Å². The quantitative estimate of drug-likeness (QED) is 0.753. The van der Waals surface area contributed by atoms with Gasteiger partial charge in [-0.3, -0.25) is 0 Å². The molecule has 6 heteroatoms. The van der Waals surface area contributed by atoms with E-state index in [1.165, 1.54) is 0 Å². The second-order valence-corrected chi connectivity index (χ2v) is 4.38. The van der Waals surface area contributed by atoms with Crippen molar-refractivity contribution < 1.29 is 0 Å². The number of anilines is 1. The minimum Gasteiger partial charge on any atom is -0.366 e. The Kier molecular flexibility index (Phi) is 3.29. The lowest BCUT2D eigenvalue weighted by Gasteiger charge is -2.34. The summed E-state index contributed by atoms with van der Waals surface area (Å²) >= 11 is 11.8. The molecule has 4 nitrogen and oxygen atoms in total. The van der Waals surface area contributed by atoms with Gasteiger partial charge in [0.25, 0.3) is 0 Å². The second kappa shape index (κ2) is 4.51. The highest BCUT2D eigenvalue weighted by atomic mass is 35.5. The average molecular weight is 247 g/mol. The van der Waals surface area contributed by atoms with Crippen LogP contribution in [0.25, 0.3) is 0 Å². The summed E-state index contributed by atoms with van der Waals surface area (Å²) in [7, 11) is 2.11. The van der Waals surface area contributed by atoms with E-state index in [4.69, 9.17) is 23.2 Å². The number of hydrogen-bond acceptors (Lipinski definition) is 4. The molecule has 0 spiro atoms. The van der Waals surface area contributed by atoms with Crippen molar-refractivity contribution in [3.05, 3.63) is 16.4 Å². The second-order valence-electron chi connectivity index (χ2n) is 3.63. The summed E-state index contributed by atoms with van der Waals surface area (Å²) < 4.78 is 0. The van der Waals surface area contributed by atoms with Crippen molar-refractivity contribution in [1.82, 2.24) is 15.1 Å². The Bertz CT molecular complexity index is 350. The van der Waals surface area contributed by atoms with Crippen molar-refractivity contribution in [2.24, 2.45) is 0 Å². The molecule has 0 N–H and O–H groups in total. The van der Waals surface area contributed by atoms with E-state index in [1.807, 2.05) is 0 Å². The zero-order valence-electron chi connectivity index (χ0n) is 8.45. The van der Waals surface area contributed by atoms with Crippen LogP contribution in [0.1, 0.15) is 0 Å². The molecule has 0 saturated carbocycles. The highest BCUT2D eigenvalue weighted by Crippen LogP contribution is 2.25. The van der Waals surface area contributed by atoms with Crippen LogP contribution in [0.15, 0.2) is 6.07 Å². The molecule has 0 aliphatic carbocycles. The van der Waals surface area contributed by atoms with Crippen molar-refractivity contribution in [2.45, 2.75) is 0 Å². The molecule has 0 unspecified atom stereocenters. The Morgan fingerprint density at radius 1 is 1.13 bits per heavy atom. The fraction of sp³-hybridized carbons (Fsp3) is 0.556. The van der Waals surface area contributed by atoms with Crippen molar-refractivity contribution in [3.8, 4) is 0 Å². The fourth-order valence-electron chi connectivity index (χ4n) is 1.61. The molecule has 0 atom stereocenters. The van der Waals surface area contributed by atoms with Gasteiger partial charge in [-0.15, -0.1) is 10.2 Å². The van der Waals surface area contributed by atoms with Crippen LogP contribution in [0.2, 0.25) is 10.3 Å². The lowest BCUT2D eigenvalue weighted by molar-refractivity contribution is 0.313. The number of piperazine rings is 1. The van der Waals surface area contributed by atoms with Gasteiger partial charge in [-0.2, -0.15) is 0 Å². The Morgan fingerprint density at radius 2 is 1.80 bits per heavy atom. The van der Waals surface area contributed by atoms with Crippen LogP contribution in [0.4, 0.5) is 5.69 Å². The summed E-state index contributed by atoms with van der Waals surface area (Å²) in [5.41, 5.74) is 0.879. The normalized spacial score (nSPS) is 18.2. The van der Waals surface area contributed by atoms with E-state index in [-0.39, 0.29) is 0 Å². The van der Waals surface area contributed by atoms with E-state index in [1.54, 1.807) is 6.07 Å². The number of nitrogens with zero attached hydrogens (tertiary/aromatic N) is 4. The summed E-state index contributed by atoms with van der Waals surface area (Å²) in [6.45, 7) is 3.93. The highest BCUT2D eigenvalue weighted by Gasteiger charge is 2.17. The van der Waals surface area contributed by atoms with Crippen molar-refractivity contribution in [1.29, 1.82) is 0 Å². The maximum Gasteiger partial charge on any atom is 0.175 e. The largest absolute Gasteiger partial charge is 0.366 e. The molecule has 2 heterocycles. The van der Waals surface area contributed by atoms with Gasteiger partial charge >= 0.3 is 0 Å². The standard InChI is InChI=1S/C9H12Cl2N4/c1-14-2-4-15(5-3-14)7-6-8(10)12-13-9(7)11/h6H,2-5H2,1H3. The molecule has 15 heavy (non-hydrogen) atoms. The van der Waals surface area contributed by atoms with Crippen molar-refractivity contribution >= 4 is 28.9 Å². The van der Waals surface area contributed by atoms with Crippen LogP contribution < -0.4 is 4.90 Å².